The molecule has 0 bridgehead atoms. The van der Waals surface area contributed by atoms with Crippen molar-refractivity contribution in [1.82, 2.24) is 9.99 Å². The summed E-state index contributed by atoms with van der Waals surface area (Å²) >= 11 is 0. The normalized spacial score (nSPS) is 11.4. The molecule has 0 spiro atoms. The van der Waals surface area contributed by atoms with Crippen LogP contribution in [-0.4, -0.2) is 16.7 Å². The number of amides is 1. The fraction of sp³-hybridized carbons (Fsp3) is 0.0370. The van der Waals surface area contributed by atoms with Gasteiger partial charge in [-0.3, -0.25) is 4.79 Å². The molecule has 5 aromatic rings. The van der Waals surface area contributed by atoms with Gasteiger partial charge in [-0.1, -0.05) is 60.7 Å². The van der Waals surface area contributed by atoms with Gasteiger partial charge in [-0.05, 0) is 46.7 Å². The Morgan fingerprint density at radius 1 is 0.906 bits per heavy atom. The minimum Gasteiger partial charge on any atom is -0.342 e. The van der Waals surface area contributed by atoms with E-state index in [1.807, 2.05) is 66.9 Å². The maximum atomic E-state index is 13.2. The fourth-order valence-electron chi connectivity index (χ4n) is 3.85. The third kappa shape index (κ3) is 4.01. The van der Waals surface area contributed by atoms with Gasteiger partial charge in [-0.15, -0.1) is 0 Å². The lowest BCUT2D eigenvalue weighted by Crippen LogP contribution is -2.17. The molecule has 1 heterocycles. The molecule has 1 aromatic heterocycles. The number of nitrogens with zero attached hydrogens (tertiary/aromatic N) is 2. The molecule has 0 aliphatic heterocycles. The van der Waals surface area contributed by atoms with Crippen molar-refractivity contribution in [2.24, 2.45) is 5.10 Å². The van der Waals surface area contributed by atoms with E-state index in [2.05, 4.69) is 15.1 Å². The van der Waals surface area contributed by atoms with E-state index < -0.39 is 0 Å². The van der Waals surface area contributed by atoms with Crippen molar-refractivity contribution in [2.45, 2.75) is 6.54 Å². The Morgan fingerprint density at radius 3 is 2.50 bits per heavy atom. The van der Waals surface area contributed by atoms with Crippen molar-refractivity contribution in [2.75, 3.05) is 0 Å². The monoisotopic (exact) mass is 421 g/mol. The average Bonchev–Trinajstić information content (AvgIpc) is 3.17. The predicted octanol–water partition coefficient (Wildman–Crippen LogP) is 5.75. The standard InChI is InChI=1S/C27H20FN3O/c28-24-13-9-19(10-14-24)17-31-18-23(25-7-3-4-8-26(25)31)16-29-30-27(32)22-12-11-20-5-1-2-6-21(20)15-22/h1-16,18H,17H2,(H,30,32)/b29-16-. The van der Waals surface area contributed by atoms with Crippen molar-refractivity contribution in [3.05, 3.63) is 120 Å². The van der Waals surface area contributed by atoms with Crippen LogP contribution in [0.4, 0.5) is 4.39 Å². The molecule has 0 aliphatic rings. The van der Waals surface area contributed by atoms with E-state index in [1.54, 1.807) is 24.4 Å². The van der Waals surface area contributed by atoms with E-state index in [4.69, 9.17) is 0 Å². The van der Waals surface area contributed by atoms with Crippen LogP contribution in [0, 0.1) is 5.82 Å². The third-order valence-corrected chi connectivity index (χ3v) is 5.47. The van der Waals surface area contributed by atoms with Gasteiger partial charge in [-0.25, -0.2) is 9.82 Å². The van der Waals surface area contributed by atoms with Crippen LogP contribution in [0.1, 0.15) is 21.5 Å². The summed E-state index contributed by atoms with van der Waals surface area (Å²) in [7, 11) is 0. The Labute approximate surface area is 184 Å². The number of carbonyl (C=O) groups excluding carboxylic acids is 1. The van der Waals surface area contributed by atoms with Crippen molar-refractivity contribution < 1.29 is 9.18 Å². The number of hydrazone groups is 1. The minimum absolute atomic E-state index is 0.249. The van der Waals surface area contributed by atoms with Gasteiger partial charge < -0.3 is 4.57 Å². The number of hydrogen-bond donors (Lipinski definition) is 1. The van der Waals surface area contributed by atoms with Crippen molar-refractivity contribution >= 4 is 33.8 Å². The molecule has 0 aliphatic carbocycles. The van der Waals surface area contributed by atoms with Gasteiger partial charge in [0, 0.05) is 34.8 Å². The number of para-hydroxylation sites is 1. The van der Waals surface area contributed by atoms with Crippen molar-refractivity contribution in [3.63, 3.8) is 0 Å². The first-order valence-corrected chi connectivity index (χ1v) is 10.3. The highest BCUT2D eigenvalue weighted by Gasteiger charge is 2.08. The van der Waals surface area contributed by atoms with Gasteiger partial charge in [0.15, 0.2) is 0 Å². The average molecular weight is 421 g/mol. The third-order valence-electron chi connectivity index (χ3n) is 5.47. The highest BCUT2D eigenvalue weighted by molar-refractivity contribution is 6.01. The summed E-state index contributed by atoms with van der Waals surface area (Å²) in [6.45, 7) is 0.609. The van der Waals surface area contributed by atoms with Crippen LogP contribution in [0.5, 0.6) is 0 Å². The number of aromatic nitrogens is 1. The summed E-state index contributed by atoms with van der Waals surface area (Å²) in [5.41, 5.74) is 6.11. The summed E-state index contributed by atoms with van der Waals surface area (Å²) < 4.78 is 15.3. The van der Waals surface area contributed by atoms with Crippen LogP contribution >= 0.6 is 0 Å². The first-order chi connectivity index (χ1) is 15.7. The molecule has 1 N–H and O–H groups in total. The van der Waals surface area contributed by atoms with Crippen molar-refractivity contribution in [3.8, 4) is 0 Å². The van der Waals surface area contributed by atoms with Gasteiger partial charge in [0.2, 0.25) is 0 Å². The van der Waals surface area contributed by atoms with E-state index in [9.17, 15) is 9.18 Å². The summed E-state index contributed by atoms with van der Waals surface area (Å²) in [5.74, 6) is -0.511. The van der Waals surface area contributed by atoms with Crippen LogP contribution < -0.4 is 5.43 Å². The SMILES string of the molecule is O=C(N/N=C\c1cn(Cc2ccc(F)cc2)c2ccccc12)c1ccc2ccccc2c1. The van der Waals surface area contributed by atoms with E-state index >= 15 is 0 Å². The minimum atomic E-state index is -0.262. The van der Waals surface area contributed by atoms with Crippen LogP contribution in [0.25, 0.3) is 21.7 Å². The molecule has 156 valence electrons. The first-order valence-electron chi connectivity index (χ1n) is 10.3. The predicted molar refractivity (Wildman–Crippen MR) is 126 cm³/mol. The topological polar surface area (TPSA) is 46.4 Å². The number of nitrogens with one attached hydrogen (secondary N) is 1. The van der Waals surface area contributed by atoms with Gasteiger partial charge in [0.05, 0.1) is 6.21 Å². The number of benzene rings is 4. The molecular formula is C27H20FN3O. The number of halogens is 1. The summed E-state index contributed by atoms with van der Waals surface area (Å²) in [5, 5.41) is 7.31. The zero-order valence-corrected chi connectivity index (χ0v) is 17.2. The molecule has 0 saturated carbocycles. The van der Waals surface area contributed by atoms with Crippen LogP contribution in [0.15, 0.2) is 102 Å². The van der Waals surface area contributed by atoms with E-state index in [-0.39, 0.29) is 11.7 Å². The molecule has 0 fully saturated rings. The molecular weight excluding hydrogens is 401 g/mol. The zero-order valence-electron chi connectivity index (χ0n) is 17.2. The second kappa shape index (κ2) is 8.47. The Morgan fingerprint density at radius 2 is 1.66 bits per heavy atom. The molecule has 0 saturated heterocycles. The molecule has 32 heavy (non-hydrogen) atoms. The summed E-state index contributed by atoms with van der Waals surface area (Å²) in [6, 6.07) is 28.0. The quantitative estimate of drug-likeness (QED) is 0.285. The molecule has 4 nitrogen and oxygen atoms in total. The van der Waals surface area contributed by atoms with Gasteiger partial charge in [-0.2, -0.15) is 5.10 Å². The Hall–Kier alpha value is -4.25. The van der Waals surface area contributed by atoms with E-state index in [1.165, 1.54) is 12.1 Å². The first kappa shape index (κ1) is 19.7. The lowest BCUT2D eigenvalue weighted by Gasteiger charge is -2.05. The van der Waals surface area contributed by atoms with E-state index in [0.717, 1.165) is 32.8 Å². The van der Waals surface area contributed by atoms with E-state index in [0.29, 0.717) is 12.1 Å². The number of carbonyl (C=O) groups is 1. The maximum Gasteiger partial charge on any atom is 0.271 e. The molecule has 0 radical (unpaired) electrons. The maximum absolute atomic E-state index is 13.2. The lowest BCUT2D eigenvalue weighted by molar-refractivity contribution is 0.0955. The number of fused-ring (bicyclic) bond motifs is 2. The molecule has 1 amide bonds. The van der Waals surface area contributed by atoms with Crippen LogP contribution in [0.2, 0.25) is 0 Å². The Balaban J connectivity index is 1.37. The Kier molecular flexibility index (Phi) is 5.22. The zero-order chi connectivity index (χ0) is 21.9. The van der Waals surface area contributed by atoms with Crippen LogP contribution in [-0.2, 0) is 6.54 Å². The summed E-state index contributed by atoms with van der Waals surface area (Å²) in [6.07, 6.45) is 3.64. The van der Waals surface area contributed by atoms with Gasteiger partial charge in [0.25, 0.3) is 5.91 Å². The van der Waals surface area contributed by atoms with Gasteiger partial charge >= 0.3 is 0 Å². The molecule has 4 aromatic carbocycles. The largest absolute Gasteiger partial charge is 0.342 e. The molecule has 0 unspecified atom stereocenters. The smallest absolute Gasteiger partial charge is 0.271 e. The second-order valence-electron chi connectivity index (χ2n) is 7.62. The Bertz CT molecular complexity index is 1450. The number of hydrogen-bond acceptors (Lipinski definition) is 2. The second-order valence-corrected chi connectivity index (χ2v) is 7.62. The fourth-order valence-corrected chi connectivity index (χ4v) is 3.85. The molecule has 0 atom stereocenters. The van der Waals surface area contributed by atoms with Crippen molar-refractivity contribution in [1.29, 1.82) is 0 Å². The van der Waals surface area contributed by atoms with Crippen LogP contribution in [0.3, 0.4) is 0 Å². The highest BCUT2D eigenvalue weighted by atomic mass is 19.1. The molecule has 5 heteroatoms. The highest BCUT2D eigenvalue weighted by Crippen LogP contribution is 2.21. The molecule has 5 rings (SSSR count). The number of rotatable bonds is 5. The summed E-state index contributed by atoms with van der Waals surface area (Å²) in [4.78, 5) is 12.6. The lowest BCUT2D eigenvalue weighted by atomic mass is 10.1. The van der Waals surface area contributed by atoms with Gasteiger partial charge in [0.1, 0.15) is 5.82 Å².